The highest BCUT2D eigenvalue weighted by atomic mass is 16.5. The van der Waals surface area contributed by atoms with E-state index in [0.29, 0.717) is 30.9 Å². The number of nitrogens with zero attached hydrogens (tertiary/aromatic N) is 1. The molecule has 6 heteroatoms. The van der Waals surface area contributed by atoms with Crippen molar-refractivity contribution in [2.45, 2.75) is 32.0 Å². The van der Waals surface area contributed by atoms with Gasteiger partial charge in [-0.05, 0) is 48.2 Å². The van der Waals surface area contributed by atoms with E-state index in [-0.39, 0.29) is 18.0 Å². The van der Waals surface area contributed by atoms with Crippen LogP contribution >= 0.6 is 0 Å². The van der Waals surface area contributed by atoms with Gasteiger partial charge in [0.15, 0.2) is 0 Å². The highest BCUT2D eigenvalue weighted by Gasteiger charge is 2.23. The summed E-state index contributed by atoms with van der Waals surface area (Å²) in [7, 11) is 0. The molecule has 3 amide bonds. The zero-order valence-corrected chi connectivity index (χ0v) is 15.1. The molecule has 2 aliphatic heterocycles. The van der Waals surface area contributed by atoms with Crippen molar-refractivity contribution >= 4 is 17.6 Å². The number of nitrogens with one attached hydrogen (secondary N) is 2. The van der Waals surface area contributed by atoms with E-state index in [1.54, 1.807) is 29.2 Å². The first-order valence-corrected chi connectivity index (χ1v) is 9.30. The van der Waals surface area contributed by atoms with Gasteiger partial charge in [-0.1, -0.05) is 24.3 Å². The second kappa shape index (κ2) is 7.80. The van der Waals surface area contributed by atoms with Crippen LogP contribution in [0.3, 0.4) is 0 Å². The fraction of sp³-hybridized carbons (Fsp3) is 0.333. The molecule has 2 aliphatic rings. The number of fused-ring (bicyclic) bond motifs is 1. The van der Waals surface area contributed by atoms with E-state index >= 15 is 0 Å². The SMILES string of the molecule is O=C(NC1CCCOC1)c1ccc(NC(=O)N2Cc3ccccc3C2)cc1. The van der Waals surface area contributed by atoms with E-state index in [2.05, 4.69) is 10.6 Å². The molecule has 0 saturated carbocycles. The van der Waals surface area contributed by atoms with Crippen molar-refractivity contribution in [2.24, 2.45) is 0 Å². The molecule has 1 atom stereocenters. The van der Waals surface area contributed by atoms with Gasteiger partial charge < -0.3 is 20.3 Å². The summed E-state index contributed by atoms with van der Waals surface area (Å²) in [5, 5.41) is 5.89. The summed E-state index contributed by atoms with van der Waals surface area (Å²) in [6.45, 7) is 2.57. The van der Waals surface area contributed by atoms with Gasteiger partial charge in [-0.25, -0.2) is 4.79 Å². The second-order valence-corrected chi connectivity index (χ2v) is 7.02. The van der Waals surface area contributed by atoms with Crippen LogP contribution in [0.15, 0.2) is 48.5 Å². The van der Waals surface area contributed by atoms with Crippen LogP contribution in [0.5, 0.6) is 0 Å². The van der Waals surface area contributed by atoms with Crippen LogP contribution in [0.25, 0.3) is 0 Å². The van der Waals surface area contributed by atoms with Crippen LogP contribution in [-0.4, -0.2) is 36.1 Å². The Hall–Kier alpha value is -2.86. The number of carbonyl (C=O) groups excluding carboxylic acids is 2. The molecule has 1 saturated heterocycles. The molecule has 2 aromatic rings. The second-order valence-electron chi connectivity index (χ2n) is 7.02. The van der Waals surface area contributed by atoms with E-state index in [0.717, 1.165) is 19.4 Å². The van der Waals surface area contributed by atoms with Crippen molar-refractivity contribution in [3.05, 3.63) is 65.2 Å². The zero-order valence-electron chi connectivity index (χ0n) is 15.1. The quantitative estimate of drug-likeness (QED) is 0.878. The first kappa shape index (κ1) is 17.5. The third-order valence-electron chi connectivity index (χ3n) is 5.02. The maximum Gasteiger partial charge on any atom is 0.322 e. The lowest BCUT2D eigenvalue weighted by Crippen LogP contribution is -2.40. The van der Waals surface area contributed by atoms with Crippen molar-refractivity contribution in [1.29, 1.82) is 0 Å². The smallest absolute Gasteiger partial charge is 0.322 e. The minimum Gasteiger partial charge on any atom is -0.379 e. The molecular weight excluding hydrogens is 342 g/mol. The summed E-state index contributed by atoms with van der Waals surface area (Å²) in [6.07, 6.45) is 1.91. The molecule has 0 bridgehead atoms. The van der Waals surface area contributed by atoms with Gasteiger partial charge in [0, 0.05) is 30.9 Å². The standard InChI is InChI=1S/C21H23N3O3/c25-20(22-19-6-3-11-27-14-19)15-7-9-18(10-8-15)23-21(26)24-12-16-4-1-2-5-17(16)13-24/h1-2,4-5,7-10,19H,3,6,11-14H2,(H,22,25)(H,23,26). The van der Waals surface area contributed by atoms with E-state index in [1.165, 1.54) is 11.1 Å². The highest BCUT2D eigenvalue weighted by Crippen LogP contribution is 2.23. The normalized spacial score (nSPS) is 18.7. The summed E-state index contributed by atoms with van der Waals surface area (Å²) < 4.78 is 5.39. The first-order chi connectivity index (χ1) is 13.2. The van der Waals surface area contributed by atoms with Crippen molar-refractivity contribution in [2.75, 3.05) is 18.5 Å². The van der Waals surface area contributed by atoms with Gasteiger partial charge in [0.25, 0.3) is 5.91 Å². The average molecular weight is 365 g/mol. The van der Waals surface area contributed by atoms with E-state index in [4.69, 9.17) is 4.74 Å². The largest absolute Gasteiger partial charge is 0.379 e. The van der Waals surface area contributed by atoms with Gasteiger partial charge in [0.05, 0.1) is 12.6 Å². The Bertz CT molecular complexity index is 804. The Morgan fingerprint density at radius 2 is 1.70 bits per heavy atom. The Kier molecular flexibility index (Phi) is 5.07. The third kappa shape index (κ3) is 4.11. The molecule has 0 aromatic heterocycles. The number of benzene rings is 2. The van der Waals surface area contributed by atoms with E-state index in [9.17, 15) is 9.59 Å². The van der Waals surface area contributed by atoms with Gasteiger partial charge in [0.1, 0.15) is 0 Å². The topological polar surface area (TPSA) is 70.7 Å². The van der Waals surface area contributed by atoms with E-state index < -0.39 is 0 Å². The summed E-state index contributed by atoms with van der Waals surface area (Å²) >= 11 is 0. The van der Waals surface area contributed by atoms with Crippen LogP contribution in [-0.2, 0) is 17.8 Å². The first-order valence-electron chi connectivity index (χ1n) is 9.30. The molecular formula is C21H23N3O3. The molecule has 0 spiro atoms. The molecule has 0 aliphatic carbocycles. The molecule has 140 valence electrons. The lowest BCUT2D eigenvalue weighted by molar-refractivity contribution is 0.0624. The van der Waals surface area contributed by atoms with Crippen molar-refractivity contribution in [1.82, 2.24) is 10.2 Å². The highest BCUT2D eigenvalue weighted by molar-refractivity contribution is 5.95. The number of carbonyl (C=O) groups is 2. The average Bonchev–Trinajstić information content (AvgIpc) is 3.14. The van der Waals surface area contributed by atoms with Gasteiger partial charge in [-0.3, -0.25) is 4.79 Å². The molecule has 0 radical (unpaired) electrons. The number of rotatable bonds is 3. The molecule has 4 rings (SSSR count). The summed E-state index contributed by atoms with van der Waals surface area (Å²) in [6, 6.07) is 15.0. The van der Waals surface area contributed by atoms with Crippen LogP contribution in [0.1, 0.15) is 34.3 Å². The molecule has 2 aromatic carbocycles. The lowest BCUT2D eigenvalue weighted by atomic mass is 10.1. The number of urea groups is 1. The number of anilines is 1. The van der Waals surface area contributed by atoms with Gasteiger partial charge in [0.2, 0.25) is 0 Å². The minimum atomic E-state index is -0.136. The number of hydrogen-bond acceptors (Lipinski definition) is 3. The molecule has 2 heterocycles. The monoisotopic (exact) mass is 365 g/mol. The lowest BCUT2D eigenvalue weighted by Gasteiger charge is -2.23. The fourth-order valence-electron chi connectivity index (χ4n) is 3.51. The summed E-state index contributed by atoms with van der Waals surface area (Å²) in [5.41, 5.74) is 3.62. The van der Waals surface area contributed by atoms with Crippen LogP contribution in [0.2, 0.25) is 0 Å². The fourth-order valence-corrected chi connectivity index (χ4v) is 3.51. The minimum absolute atomic E-state index is 0.0717. The Morgan fingerprint density at radius 3 is 2.33 bits per heavy atom. The number of hydrogen-bond donors (Lipinski definition) is 2. The molecule has 6 nitrogen and oxygen atoms in total. The van der Waals surface area contributed by atoms with Gasteiger partial charge in [-0.2, -0.15) is 0 Å². The Morgan fingerprint density at radius 1 is 1.00 bits per heavy atom. The molecule has 2 N–H and O–H groups in total. The van der Waals surface area contributed by atoms with Crippen molar-refractivity contribution in [3.8, 4) is 0 Å². The van der Waals surface area contributed by atoms with Crippen LogP contribution in [0.4, 0.5) is 10.5 Å². The summed E-state index contributed by atoms with van der Waals surface area (Å²) in [4.78, 5) is 26.6. The van der Waals surface area contributed by atoms with Gasteiger partial charge >= 0.3 is 6.03 Å². The number of ether oxygens (including phenoxy) is 1. The van der Waals surface area contributed by atoms with E-state index in [1.807, 2.05) is 24.3 Å². The number of amides is 3. The Balaban J connectivity index is 1.32. The third-order valence-corrected chi connectivity index (χ3v) is 5.02. The predicted octanol–water partition coefficient (Wildman–Crippen LogP) is 3.14. The maximum atomic E-state index is 12.5. The molecule has 27 heavy (non-hydrogen) atoms. The Labute approximate surface area is 158 Å². The predicted molar refractivity (Wildman–Crippen MR) is 102 cm³/mol. The molecule has 1 fully saturated rings. The van der Waals surface area contributed by atoms with Crippen LogP contribution < -0.4 is 10.6 Å². The summed E-state index contributed by atoms with van der Waals surface area (Å²) in [5.74, 6) is -0.113. The van der Waals surface area contributed by atoms with Crippen LogP contribution in [0, 0.1) is 0 Å². The van der Waals surface area contributed by atoms with Crippen molar-refractivity contribution in [3.63, 3.8) is 0 Å². The van der Waals surface area contributed by atoms with Gasteiger partial charge in [-0.15, -0.1) is 0 Å². The molecule has 1 unspecified atom stereocenters. The maximum absolute atomic E-state index is 12.5. The zero-order chi connectivity index (χ0) is 18.6. The van der Waals surface area contributed by atoms with Crippen molar-refractivity contribution < 1.29 is 14.3 Å².